The normalized spacial score (nSPS) is 12.5. The summed E-state index contributed by atoms with van der Waals surface area (Å²) in [6.07, 6.45) is -1.15. The Labute approximate surface area is 115 Å². The van der Waals surface area contributed by atoms with Gasteiger partial charge in [-0.15, -0.1) is 0 Å². The van der Waals surface area contributed by atoms with E-state index in [-0.39, 0.29) is 0 Å². The molecule has 100 valence electrons. The predicted molar refractivity (Wildman–Crippen MR) is 76.6 cm³/mol. The first-order valence-corrected chi connectivity index (χ1v) is 6.33. The molecule has 1 N–H and O–H groups in total. The zero-order valence-corrected chi connectivity index (χ0v) is 10.9. The summed E-state index contributed by atoms with van der Waals surface area (Å²) in [6, 6.07) is 15.0. The standard InChI is InChI=1S/C16H13NO3/c1-10(18)16(19)20-15-8-4-7-14-12(15)9-11-5-2-3-6-13(11)17-14/h2-10,18H,1H3. The number of rotatable bonds is 2. The van der Waals surface area contributed by atoms with Crippen LogP contribution in [-0.4, -0.2) is 22.2 Å². The minimum Gasteiger partial charge on any atom is -0.424 e. The van der Waals surface area contributed by atoms with Crippen LogP contribution in [0, 0.1) is 0 Å². The molecule has 3 aromatic rings. The highest BCUT2D eigenvalue weighted by molar-refractivity contribution is 5.97. The van der Waals surface area contributed by atoms with Gasteiger partial charge in [0.1, 0.15) is 11.9 Å². The van der Waals surface area contributed by atoms with Gasteiger partial charge in [0.2, 0.25) is 0 Å². The molecule has 0 spiro atoms. The number of aromatic nitrogens is 1. The molecule has 2 aromatic carbocycles. The summed E-state index contributed by atoms with van der Waals surface area (Å²) in [4.78, 5) is 16.1. The van der Waals surface area contributed by atoms with Crippen molar-refractivity contribution in [1.82, 2.24) is 4.98 Å². The van der Waals surface area contributed by atoms with Crippen molar-refractivity contribution in [2.24, 2.45) is 0 Å². The molecule has 1 aromatic heterocycles. The Bertz CT molecular complexity index is 796. The largest absolute Gasteiger partial charge is 0.424 e. The first kappa shape index (κ1) is 12.6. The van der Waals surface area contributed by atoms with Crippen molar-refractivity contribution >= 4 is 27.8 Å². The molecule has 0 bridgehead atoms. The van der Waals surface area contributed by atoms with Gasteiger partial charge in [0.05, 0.1) is 11.0 Å². The number of fused-ring (bicyclic) bond motifs is 2. The number of hydrogen-bond donors (Lipinski definition) is 1. The Morgan fingerprint density at radius 3 is 2.70 bits per heavy atom. The van der Waals surface area contributed by atoms with E-state index in [0.29, 0.717) is 5.75 Å². The Kier molecular flexibility index (Phi) is 3.08. The van der Waals surface area contributed by atoms with Gasteiger partial charge < -0.3 is 9.84 Å². The van der Waals surface area contributed by atoms with E-state index in [0.717, 1.165) is 21.8 Å². The summed E-state index contributed by atoms with van der Waals surface area (Å²) < 4.78 is 5.21. The lowest BCUT2D eigenvalue weighted by Crippen LogP contribution is -2.22. The summed E-state index contributed by atoms with van der Waals surface area (Å²) in [5.41, 5.74) is 1.64. The van der Waals surface area contributed by atoms with Crippen LogP contribution in [0.5, 0.6) is 5.75 Å². The van der Waals surface area contributed by atoms with E-state index in [4.69, 9.17) is 4.74 Å². The second-order valence-corrected chi connectivity index (χ2v) is 4.60. The number of nitrogens with zero attached hydrogens (tertiary/aromatic N) is 1. The van der Waals surface area contributed by atoms with Crippen molar-refractivity contribution in [2.75, 3.05) is 0 Å². The molecule has 1 heterocycles. The maximum atomic E-state index is 11.5. The third-order valence-corrected chi connectivity index (χ3v) is 3.07. The van der Waals surface area contributed by atoms with Gasteiger partial charge in [0, 0.05) is 10.8 Å². The Balaban J connectivity index is 2.17. The maximum Gasteiger partial charge on any atom is 0.340 e. The van der Waals surface area contributed by atoms with Crippen LogP contribution in [0.2, 0.25) is 0 Å². The van der Waals surface area contributed by atoms with E-state index < -0.39 is 12.1 Å². The number of benzene rings is 2. The van der Waals surface area contributed by atoms with Crippen LogP contribution in [0.3, 0.4) is 0 Å². The molecule has 0 aliphatic carbocycles. The van der Waals surface area contributed by atoms with Crippen LogP contribution in [0.25, 0.3) is 21.8 Å². The lowest BCUT2D eigenvalue weighted by Gasteiger charge is -2.09. The highest BCUT2D eigenvalue weighted by atomic mass is 16.5. The second kappa shape index (κ2) is 4.90. The number of hydrogen-bond acceptors (Lipinski definition) is 4. The molecular weight excluding hydrogens is 254 g/mol. The van der Waals surface area contributed by atoms with Gasteiger partial charge >= 0.3 is 5.97 Å². The number of ether oxygens (including phenoxy) is 1. The van der Waals surface area contributed by atoms with Crippen LogP contribution in [0.4, 0.5) is 0 Å². The Hall–Kier alpha value is -2.46. The molecule has 20 heavy (non-hydrogen) atoms. The third kappa shape index (κ3) is 2.21. The second-order valence-electron chi connectivity index (χ2n) is 4.60. The van der Waals surface area contributed by atoms with Gasteiger partial charge in [0.15, 0.2) is 0 Å². The lowest BCUT2D eigenvalue weighted by molar-refractivity contribution is -0.142. The molecule has 0 radical (unpaired) electrons. The molecule has 3 rings (SSSR count). The van der Waals surface area contributed by atoms with Crippen LogP contribution in [0.15, 0.2) is 48.5 Å². The molecule has 4 nitrogen and oxygen atoms in total. The fourth-order valence-corrected chi connectivity index (χ4v) is 2.05. The van der Waals surface area contributed by atoms with Crippen LogP contribution < -0.4 is 4.74 Å². The molecule has 4 heteroatoms. The van der Waals surface area contributed by atoms with Gasteiger partial charge in [0.25, 0.3) is 0 Å². The smallest absolute Gasteiger partial charge is 0.340 e. The molecule has 1 atom stereocenters. The fraction of sp³-hybridized carbons (Fsp3) is 0.125. The number of aliphatic hydroxyl groups is 1. The average Bonchev–Trinajstić information content (AvgIpc) is 2.45. The van der Waals surface area contributed by atoms with Gasteiger partial charge in [-0.05, 0) is 31.2 Å². The van der Waals surface area contributed by atoms with Crippen molar-refractivity contribution < 1.29 is 14.6 Å². The van der Waals surface area contributed by atoms with E-state index in [1.54, 1.807) is 12.1 Å². The number of carbonyl (C=O) groups is 1. The van der Waals surface area contributed by atoms with E-state index in [1.165, 1.54) is 6.92 Å². The van der Waals surface area contributed by atoms with Crippen molar-refractivity contribution in [3.8, 4) is 5.75 Å². The van der Waals surface area contributed by atoms with E-state index in [9.17, 15) is 9.90 Å². The fourth-order valence-electron chi connectivity index (χ4n) is 2.05. The Morgan fingerprint density at radius 1 is 1.15 bits per heavy atom. The summed E-state index contributed by atoms with van der Waals surface area (Å²) >= 11 is 0. The number of carbonyl (C=O) groups excluding carboxylic acids is 1. The molecule has 0 fully saturated rings. The van der Waals surface area contributed by atoms with E-state index >= 15 is 0 Å². The van der Waals surface area contributed by atoms with Crippen molar-refractivity contribution in [1.29, 1.82) is 0 Å². The molecular formula is C16H13NO3. The molecule has 0 aliphatic rings. The van der Waals surface area contributed by atoms with Gasteiger partial charge in [-0.3, -0.25) is 0 Å². The first-order chi connectivity index (χ1) is 9.65. The monoisotopic (exact) mass is 267 g/mol. The summed E-state index contributed by atoms with van der Waals surface area (Å²) in [5.74, 6) is -0.266. The van der Waals surface area contributed by atoms with Gasteiger partial charge in [-0.25, -0.2) is 9.78 Å². The van der Waals surface area contributed by atoms with E-state index in [2.05, 4.69) is 4.98 Å². The molecule has 0 amide bonds. The molecule has 0 saturated heterocycles. The number of esters is 1. The number of para-hydroxylation sites is 1. The predicted octanol–water partition coefficient (Wildman–Crippen LogP) is 2.67. The minimum absolute atomic E-state index is 0.409. The van der Waals surface area contributed by atoms with Crippen LogP contribution >= 0.6 is 0 Å². The summed E-state index contributed by atoms with van der Waals surface area (Å²) in [7, 11) is 0. The van der Waals surface area contributed by atoms with E-state index in [1.807, 2.05) is 36.4 Å². The minimum atomic E-state index is -1.15. The SMILES string of the molecule is CC(O)C(=O)Oc1cccc2nc3ccccc3cc12. The van der Waals surface area contributed by atoms with Crippen LogP contribution in [-0.2, 0) is 4.79 Å². The zero-order valence-electron chi connectivity index (χ0n) is 10.9. The summed E-state index contributed by atoms with van der Waals surface area (Å²) in [5, 5.41) is 11.0. The van der Waals surface area contributed by atoms with Gasteiger partial charge in [-0.2, -0.15) is 0 Å². The zero-order chi connectivity index (χ0) is 14.1. The average molecular weight is 267 g/mol. The highest BCUT2D eigenvalue weighted by Gasteiger charge is 2.14. The van der Waals surface area contributed by atoms with Crippen molar-refractivity contribution in [3.63, 3.8) is 0 Å². The van der Waals surface area contributed by atoms with Gasteiger partial charge in [-0.1, -0.05) is 24.3 Å². The van der Waals surface area contributed by atoms with Crippen molar-refractivity contribution in [3.05, 3.63) is 48.5 Å². The Morgan fingerprint density at radius 2 is 1.90 bits per heavy atom. The first-order valence-electron chi connectivity index (χ1n) is 6.33. The van der Waals surface area contributed by atoms with Crippen molar-refractivity contribution in [2.45, 2.75) is 13.0 Å². The molecule has 0 aliphatic heterocycles. The quantitative estimate of drug-likeness (QED) is 0.440. The molecule has 1 unspecified atom stereocenters. The lowest BCUT2D eigenvalue weighted by atomic mass is 10.1. The molecule has 0 saturated carbocycles. The highest BCUT2D eigenvalue weighted by Crippen LogP contribution is 2.28. The number of pyridine rings is 1. The third-order valence-electron chi connectivity index (χ3n) is 3.07. The summed E-state index contributed by atoms with van der Waals surface area (Å²) in [6.45, 7) is 1.38. The van der Waals surface area contributed by atoms with Crippen LogP contribution in [0.1, 0.15) is 6.92 Å². The topological polar surface area (TPSA) is 59.4 Å². The number of aliphatic hydroxyl groups excluding tert-OH is 1. The maximum absolute atomic E-state index is 11.5.